The van der Waals surface area contributed by atoms with E-state index in [1.165, 1.54) is 6.26 Å². The van der Waals surface area contributed by atoms with Crippen molar-refractivity contribution in [1.82, 2.24) is 14.9 Å². The Labute approximate surface area is 227 Å². The summed E-state index contributed by atoms with van der Waals surface area (Å²) >= 11 is 0. The van der Waals surface area contributed by atoms with Crippen molar-refractivity contribution in [3.05, 3.63) is 59.7 Å². The van der Waals surface area contributed by atoms with Gasteiger partial charge in [0.1, 0.15) is 5.75 Å². The zero-order chi connectivity index (χ0) is 27.4. The minimum atomic E-state index is -3.67. The number of benzene rings is 2. The van der Waals surface area contributed by atoms with Crippen LogP contribution in [-0.2, 0) is 32.0 Å². The van der Waals surface area contributed by atoms with Crippen LogP contribution in [-0.4, -0.2) is 66.8 Å². The van der Waals surface area contributed by atoms with E-state index in [4.69, 9.17) is 9.88 Å². The summed E-state index contributed by atoms with van der Waals surface area (Å²) in [5, 5.41) is 9.07. The van der Waals surface area contributed by atoms with Crippen LogP contribution in [0.4, 0.5) is 0 Å². The van der Waals surface area contributed by atoms with Crippen LogP contribution in [0.3, 0.4) is 0 Å². The van der Waals surface area contributed by atoms with Crippen molar-refractivity contribution < 1.29 is 21.6 Å². The van der Waals surface area contributed by atoms with E-state index in [2.05, 4.69) is 21.0 Å². The van der Waals surface area contributed by atoms with Crippen LogP contribution >= 0.6 is 0 Å². The smallest absolute Gasteiger partial charge is 0.238 e. The molecule has 38 heavy (non-hydrogen) atoms. The molecular formula is C27H40N4O5S2. The summed E-state index contributed by atoms with van der Waals surface area (Å²) in [7, 11) is -5.31. The topological polar surface area (TPSA) is 131 Å². The number of methoxy groups -OCH3 is 1. The molecule has 0 bridgehead atoms. The Bertz CT molecular complexity index is 1280. The normalized spacial score (nSPS) is 23.8. The molecule has 0 radical (unpaired) electrons. The Kier molecular flexibility index (Phi) is 9.16. The lowest BCUT2D eigenvalue weighted by atomic mass is 9.68. The van der Waals surface area contributed by atoms with E-state index in [1.54, 1.807) is 19.2 Å². The van der Waals surface area contributed by atoms with Crippen LogP contribution in [0.2, 0.25) is 0 Å². The largest absolute Gasteiger partial charge is 0.497 e. The first-order valence-corrected chi connectivity index (χ1v) is 16.6. The molecule has 2 fully saturated rings. The van der Waals surface area contributed by atoms with E-state index >= 15 is 0 Å². The third kappa shape index (κ3) is 7.77. The quantitative estimate of drug-likeness (QED) is 0.404. The zero-order valence-electron chi connectivity index (χ0n) is 22.2. The molecule has 1 aliphatic heterocycles. The Hall–Kier alpha value is -2.02. The number of nitrogens with one attached hydrogen (secondary N) is 2. The monoisotopic (exact) mass is 564 g/mol. The molecule has 2 aromatic carbocycles. The third-order valence-electron chi connectivity index (χ3n) is 8.01. The molecule has 0 atom stereocenters. The molecule has 2 aliphatic rings. The van der Waals surface area contributed by atoms with E-state index in [9.17, 15) is 16.8 Å². The fourth-order valence-corrected chi connectivity index (χ4v) is 6.81. The Morgan fingerprint density at radius 3 is 2.18 bits per heavy atom. The van der Waals surface area contributed by atoms with Crippen LogP contribution in [0.1, 0.15) is 49.7 Å². The highest BCUT2D eigenvalue weighted by Gasteiger charge is 2.38. The minimum absolute atomic E-state index is 0.138. The molecule has 210 valence electrons. The number of rotatable bonds is 10. The first-order chi connectivity index (χ1) is 18.0. The molecule has 9 nitrogen and oxygen atoms in total. The highest BCUT2D eigenvalue weighted by Crippen LogP contribution is 2.40. The number of piperidine rings is 1. The number of ether oxygens (including phenoxy) is 1. The SMILES string of the molecule is COc1cccc([C@]2(CNS(C)(=O)=O)CC[C@@H](NC3CCN(Cc4ccc(S(N)(=O)=O)cc4)CC3)CC2)c1. The van der Waals surface area contributed by atoms with Crippen LogP contribution in [0.15, 0.2) is 53.4 Å². The standard InChI is InChI=1S/C27H40N4O5S2/c1-36-25-5-3-4-22(18-25)27(20-29-37(2,32)33)14-10-23(11-15-27)30-24-12-16-31(17-13-24)19-21-6-8-26(9-7-21)38(28,34)35/h3-9,18,23-24,29-30H,10-17,19-20H2,1-2H3,(H2,28,34,35)/t23-,27-. The van der Waals surface area contributed by atoms with Gasteiger partial charge in [0.2, 0.25) is 20.0 Å². The Balaban J connectivity index is 1.30. The van der Waals surface area contributed by atoms with Crippen molar-refractivity contribution in [1.29, 1.82) is 0 Å². The maximum absolute atomic E-state index is 11.9. The van der Waals surface area contributed by atoms with Crippen molar-refractivity contribution >= 4 is 20.0 Å². The second-order valence-electron chi connectivity index (χ2n) is 10.8. The van der Waals surface area contributed by atoms with E-state index in [1.807, 2.05) is 30.3 Å². The van der Waals surface area contributed by atoms with Gasteiger partial charge in [0.05, 0.1) is 18.3 Å². The van der Waals surface area contributed by atoms with Crippen LogP contribution < -0.4 is 19.9 Å². The van der Waals surface area contributed by atoms with Crippen molar-refractivity contribution in [3.8, 4) is 5.75 Å². The van der Waals surface area contributed by atoms with E-state index in [0.717, 1.165) is 75.0 Å². The fourth-order valence-electron chi connectivity index (χ4n) is 5.76. The number of nitrogens with zero attached hydrogens (tertiary/aromatic N) is 1. The van der Waals surface area contributed by atoms with Gasteiger partial charge in [-0.3, -0.25) is 4.90 Å². The van der Waals surface area contributed by atoms with Crippen molar-refractivity contribution in [2.75, 3.05) is 33.0 Å². The molecule has 1 saturated carbocycles. The van der Waals surface area contributed by atoms with Gasteiger partial charge in [-0.25, -0.2) is 26.7 Å². The van der Waals surface area contributed by atoms with E-state index < -0.39 is 20.0 Å². The van der Waals surface area contributed by atoms with Gasteiger partial charge in [0, 0.05) is 30.6 Å². The average Bonchev–Trinajstić information content (AvgIpc) is 2.89. The molecule has 1 heterocycles. The minimum Gasteiger partial charge on any atom is -0.497 e. The van der Waals surface area contributed by atoms with Gasteiger partial charge < -0.3 is 10.1 Å². The van der Waals surface area contributed by atoms with Gasteiger partial charge in [-0.1, -0.05) is 24.3 Å². The molecule has 1 saturated heterocycles. The summed E-state index contributed by atoms with van der Waals surface area (Å²) in [6, 6.07) is 15.7. The van der Waals surface area contributed by atoms with Gasteiger partial charge in [0.15, 0.2) is 0 Å². The summed E-state index contributed by atoms with van der Waals surface area (Å²) in [5.74, 6) is 0.786. The molecule has 4 N–H and O–H groups in total. The summed E-state index contributed by atoms with van der Waals surface area (Å²) in [5.41, 5.74) is 1.95. The van der Waals surface area contributed by atoms with Gasteiger partial charge in [-0.2, -0.15) is 0 Å². The molecule has 0 aromatic heterocycles. The highest BCUT2D eigenvalue weighted by molar-refractivity contribution is 7.89. The highest BCUT2D eigenvalue weighted by atomic mass is 32.2. The lowest BCUT2D eigenvalue weighted by molar-refractivity contribution is 0.167. The number of primary sulfonamides is 1. The summed E-state index contributed by atoms with van der Waals surface area (Å²) in [6.45, 7) is 3.14. The number of sulfonamides is 2. The first-order valence-electron chi connectivity index (χ1n) is 13.2. The first kappa shape index (κ1) is 29.0. The Morgan fingerprint density at radius 1 is 0.974 bits per heavy atom. The molecule has 4 rings (SSSR count). The molecule has 0 spiro atoms. The second kappa shape index (κ2) is 12.0. The number of likely N-dealkylation sites (tertiary alicyclic amines) is 1. The Morgan fingerprint density at radius 2 is 1.61 bits per heavy atom. The third-order valence-corrected chi connectivity index (χ3v) is 9.61. The van der Waals surface area contributed by atoms with Crippen LogP contribution in [0.5, 0.6) is 5.75 Å². The predicted octanol–water partition coefficient (Wildman–Crippen LogP) is 2.33. The lowest BCUT2D eigenvalue weighted by Gasteiger charge is -2.43. The van der Waals surface area contributed by atoms with Crippen molar-refractivity contribution in [2.24, 2.45) is 5.14 Å². The van der Waals surface area contributed by atoms with Gasteiger partial charge >= 0.3 is 0 Å². The van der Waals surface area contributed by atoms with E-state index in [0.29, 0.717) is 18.6 Å². The summed E-state index contributed by atoms with van der Waals surface area (Å²) < 4.78 is 55.0. The van der Waals surface area contributed by atoms with Crippen molar-refractivity contribution in [3.63, 3.8) is 0 Å². The maximum Gasteiger partial charge on any atom is 0.238 e. The second-order valence-corrected chi connectivity index (χ2v) is 14.2. The van der Waals surface area contributed by atoms with E-state index in [-0.39, 0.29) is 10.3 Å². The van der Waals surface area contributed by atoms with Crippen LogP contribution in [0, 0.1) is 0 Å². The summed E-state index contributed by atoms with van der Waals surface area (Å²) in [6.07, 6.45) is 7.09. The summed E-state index contributed by atoms with van der Waals surface area (Å²) in [4.78, 5) is 2.54. The predicted molar refractivity (Wildman–Crippen MR) is 149 cm³/mol. The lowest BCUT2D eigenvalue weighted by Crippen LogP contribution is -2.50. The molecule has 1 aliphatic carbocycles. The van der Waals surface area contributed by atoms with Gasteiger partial charge in [-0.15, -0.1) is 0 Å². The molecular weight excluding hydrogens is 524 g/mol. The molecule has 0 unspecified atom stereocenters. The molecule has 11 heteroatoms. The fraction of sp³-hybridized carbons (Fsp3) is 0.556. The van der Waals surface area contributed by atoms with Crippen molar-refractivity contribution in [2.45, 2.75) is 67.5 Å². The number of hydrogen-bond donors (Lipinski definition) is 3. The zero-order valence-corrected chi connectivity index (χ0v) is 23.9. The van der Waals surface area contributed by atoms with Gasteiger partial charge in [-0.05, 0) is 87.0 Å². The number of nitrogens with two attached hydrogens (primary N) is 1. The van der Waals surface area contributed by atoms with Gasteiger partial charge in [0.25, 0.3) is 0 Å². The maximum atomic E-state index is 11.9. The average molecular weight is 565 g/mol. The molecule has 2 aromatic rings. The number of hydrogen-bond acceptors (Lipinski definition) is 7. The van der Waals surface area contributed by atoms with Crippen LogP contribution in [0.25, 0.3) is 0 Å². The molecule has 0 amide bonds.